The van der Waals surface area contributed by atoms with Crippen LogP contribution in [0.2, 0.25) is 0 Å². The van der Waals surface area contributed by atoms with Crippen molar-refractivity contribution in [3.63, 3.8) is 0 Å². The normalized spacial score (nSPS) is 18.9. The number of rotatable bonds is 2. The average Bonchev–Trinajstić information content (AvgIpc) is 2.27. The molecule has 1 heteroatoms. The Kier molecular flexibility index (Phi) is 3.07. The lowest BCUT2D eigenvalue weighted by molar-refractivity contribution is 0.154. The largest absolute Gasteiger partial charge is 0.307 e. The van der Waals surface area contributed by atoms with Crippen molar-refractivity contribution in [1.29, 1.82) is 0 Å². The molecule has 1 aliphatic heterocycles. The highest BCUT2D eigenvalue weighted by Crippen LogP contribution is 2.40. The number of hydrogen-bond acceptors (Lipinski definition) is 1. The van der Waals surface area contributed by atoms with E-state index >= 15 is 0 Å². The Morgan fingerprint density at radius 3 is 2.31 bits per heavy atom. The molecule has 0 atom stereocenters. The maximum absolute atomic E-state index is 3.79. The fraction of sp³-hybridized carbons (Fsp3) is 0.600. The van der Waals surface area contributed by atoms with Crippen molar-refractivity contribution in [2.75, 3.05) is 6.54 Å². The monoisotopic (exact) mass is 217 g/mol. The van der Waals surface area contributed by atoms with Crippen LogP contribution >= 0.6 is 0 Å². The summed E-state index contributed by atoms with van der Waals surface area (Å²) in [4.78, 5) is 0. The lowest BCUT2D eigenvalue weighted by atomic mass is 9.68. The summed E-state index contributed by atoms with van der Waals surface area (Å²) in [6, 6.07) is 8.93. The van der Waals surface area contributed by atoms with Gasteiger partial charge >= 0.3 is 0 Å². The van der Waals surface area contributed by atoms with Gasteiger partial charge in [-0.25, -0.2) is 0 Å². The lowest BCUT2D eigenvalue weighted by Crippen LogP contribution is -2.54. The molecule has 0 radical (unpaired) electrons. The molecule has 1 heterocycles. The third kappa shape index (κ3) is 1.58. The van der Waals surface area contributed by atoms with Gasteiger partial charge in [0.05, 0.1) is 0 Å². The van der Waals surface area contributed by atoms with Gasteiger partial charge in [0.2, 0.25) is 0 Å². The fourth-order valence-corrected chi connectivity index (χ4v) is 3.34. The Hall–Kier alpha value is -0.820. The zero-order valence-electron chi connectivity index (χ0n) is 10.9. The molecule has 0 bridgehead atoms. The minimum atomic E-state index is 0.162. The number of benzene rings is 1. The molecule has 0 fully saturated rings. The van der Waals surface area contributed by atoms with Crippen molar-refractivity contribution in [3.8, 4) is 0 Å². The molecule has 0 amide bonds. The first kappa shape index (κ1) is 11.7. The standard InChI is InChI=1S/C15H23N/c1-11(2)15(12(3)4)14-8-6-5-7-13(14)9-10-16-15/h5-8,11-12,16H,9-10H2,1-4H3. The number of nitrogens with one attached hydrogen (secondary N) is 1. The summed E-state index contributed by atoms with van der Waals surface area (Å²) >= 11 is 0. The molecule has 1 N–H and O–H groups in total. The van der Waals surface area contributed by atoms with E-state index in [1.807, 2.05) is 0 Å². The summed E-state index contributed by atoms with van der Waals surface area (Å²) in [5.41, 5.74) is 3.21. The van der Waals surface area contributed by atoms with Crippen molar-refractivity contribution in [2.45, 2.75) is 39.7 Å². The molecule has 0 saturated heterocycles. The SMILES string of the molecule is CC(C)C1(C(C)C)NCCc2ccccc21. The second-order valence-electron chi connectivity index (χ2n) is 5.51. The number of hydrogen-bond donors (Lipinski definition) is 1. The van der Waals surface area contributed by atoms with Crippen LogP contribution in [0.25, 0.3) is 0 Å². The van der Waals surface area contributed by atoms with Gasteiger partial charge in [0, 0.05) is 12.1 Å². The van der Waals surface area contributed by atoms with E-state index in [0.717, 1.165) is 13.0 Å². The summed E-state index contributed by atoms with van der Waals surface area (Å²) in [6.45, 7) is 10.4. The molecule has 0 unspecified atom stereocenters. The Morgan fingerprint density at radius 2 is 1.69 bits per heavy atom. The van der Waals surface area contributed by atoms with Crippen LogP contribution in [0.1, 0.15) is 38.8 Å². The van der Waals surface area contributed by atoms with E-state index < -0.39 is 0 Å². The Balaban J connectivity index is 2.57. The van der Waals surface area contributed by atoms with Crippen LogP contribution in [0.5, 0.6) is 0 Å². The highest BCUT2D eigenvalue weighted by Gasteiger charge is 2.41. The molecule has 0 spiro atoms. The van der Waals surface area contributed by atoms with Crippen LogP contribution < -0.4 is 5.32 Å². The van der Waals surface area contributed by atoms with Gasteiger partial charge in [0.25, 0.3) is 0 Å². The van der Waals surface area contributed by atoms with E-state index in [1.54, 1.807) is 0 Å². The summed E-state index contributed by atoms with van der Waals surface area (Å²) in [6.07, 6.45) is 1.16. The predicted octanol–water partition coefficient (Wildman–Crippen LogP) is 3.34. The summed E-state index contributed by atoms with van der Waals surface area (Å²) in [5, 5.41) is 3.79. The van der Waals surface area contributed by atoms with Gasteiger partial charge in [-0.1, -0.05) is 52.0 Å². The summed E-state index contributed by atoms with van der Waals surface area (Å²) < 4.78 is 0. The first-order valence-electron chi connectivity index (χ1n) is 6.42. The predicted molar refractivity (Wildman–Crippen MR) is 69.5 cm³/mol. The summed E-state index contributed by atoms with van der Waals surface area (Å²) in [7, 11) is 0. The molecule has 1 aromatic rings. The molecule has 1 aliphatic rings. The topological polar surface area (TPSA) is 12.0 Å². The van der Waals surface area contributed by atoms with Crippen molar-refractivity contribution in [3.05, 3.63) is 35.4 Å². The van der Waals surface area contributed by atoms with Crippen LogP contribution in [0, 0.1) is 11.8 Å². The van der Waals surface area contributed by atoms with Gasteiger partial charge in [0.1, 0.15) is 0 Å². The van der Waals surface area contributed by atoms with Crippen molar-refractivity contribution in [1.82, 2.24) is 5.32 Å². The fourth-order valence-electron chi connectivity index (χ4n) is 3.34. The van der Waals surface area contributed by atoms with E-state index in [0.29, 0.717) is 11.8 Å². The zero-order chi connectivity index (χ0) is 11.8. The van der Waals surface area contributed by atoms with E-state index in [1.165, 1.54) is 11.1 Å². The molecule has 0 aliphatic carbocycles. The molecule has 0 saturated carbocycles. The third-order valence-corrected chi connectivity index (χ3v) is 4.10. The minimum Gasteiger partial charge on any atom is -0.307 e. The Bertz CT molecular complexity index is 357. The van der Waals surface area contributed by atoms with E-state index in [2.05, 4.69) is 57.3 Å². The van der Waals surface area contributed by atoms with Gasteiger partial charge < -0.3 is 5.32 Å². The van der Waals surface area contributed by atoms with Gasteiger partial charge in [-0.05, 0) is 29.4 Å². The van der Waals surface area contributed by atoms with E-state index in [-0.39, 0.29) is 5.54 Å². The maximum atomic E-state index is 3.79. The summed E-state index contributed by atoms with van der Waals surface area (Å²) in [5.74, 6) is 1.24. The Morgan fingerprint density at radius 1 is 1.06 bits per heavy atom. The van der Waals surface area contributed by atoms with Crippen molar-refractivity contribution in [2.24, 2.45) is 11.8 Å². The van der Waals surface area contributed by atoms with Crippen LogP contribution in [0.3, 0.4) is 0 Å². The third-order valence-electron chi connectivity index (χ3n) is 4.10. The van der Waals surface area contributed by atoms with Gasteiger partial charge in [-0.2, -0.15) is 0 Å². The van der Waals surface area contributed by atoms with Gasteiger partial charge in [-0.15, -0.1) is 0 Å². The van der Waals surface area contributed by atoms with Gasteiger partial charge in [-0.3, -0.25) is 0 Å². The van der Waals surface area contributed by atoms with Crippen molar-refractivity contribution >= 4 is 0 Å². The Labute approximate surface area is 99.3 Å². The van der Waals surface area contributed by atoms with Crippen LogP contribution in [-0.4, -0.2) is 6.54 Å². The van der Waals surface area contributed by atoms with Gasteiger partial charge in [0.15, 0.2) is 0 Å². The second kappa shape index (κ2) is 4.21. The molecule has 1 nitrogen and oxygen atoms in total. The molecular formula is C15H23N. The quantitative estimate of drug-likeness (QED) is 0.801. The molecule has 88 valence electrons. The first-order valence-corrected chi connectivity index (χ1v) is 6.42. The lowest BCUT2D eigenvalue weighted by Gasteiger charge is -2.47. The highest BCUT2D eigenvalue weighted by molar-refractivity contribution is 5.37. The van der Waals surface area contributed by atoms with Crippen LogP contribution in [0.15, 0.2) is 24.3 Å². The first-order chi connectivity index (χ1) is 7.59. The van der Waals surface area contributed by atoms with E-state index in [9.17, 15) is 0 Å². The molecular weight excluding hydrogens is 194 g/mol. The minimum absolute atomic E-state index is 0.162. The zero-order valence-corrected chi connectivity index (χ0v) is 10.9. The average molecular weight is 217 g/mol. The second-order valence-corrected chi connectivity index (χ2v) is 5.51. The molecule has 16 heavy (non-hydrogen) atoms. The molecule has 0 aromatic heterocycles. The highest BCUT2D eigenvalue weighted by atomic mass is 15.0. The van der Waals surface area contributed by atoms with Crippen LogP contribution in [0.4, 0.5) is 0 Å². The van der Waals surface area contributed by atoms with Crippen LogP contribution in [-0.2, 0) is 12.0 Å². The molecule has 2 rings (SSSR count). The van der Waals surface area contributed by atoms with Crippen molar-refractivity contribution < 1.29 is 0 Å². The van der Waals surface area contributed by atoms with E-state index in [4.69, 9.17) is 0 Å². The number of fused-ring (bicyclic) bond motifs is 1. The maximum Gasteiger partial charge on any atom is 0.0483 e. The molecule has 1 aromatic carbocycles. The smallest absolute Gasteiger partial charge is 0.0483 e.